The molecular formula is C124H144N3Si3+3. The Balaban J connectivity index is 0.000000137. The van der Waals surface area contributed by atoms with E-state index in [9.17, 15) is 0 Å². The Morgan fingerprint density at radius 3 is 0.808 bits per heavy atom. The molecule has 19 rings (SSSR count). The first-order chi connectivity index (χ1) is 62.8. The van der Waals surface area contributed by atoms with Gasteiger partial charge in [0, 0.05) is 23.8 Å². The monoisotopic (exact) mass is 1760 g/mol. The second-order valence-electron chi connectivity index (χ2n) is 42.6. The molecule has 4 aliphatic rings. The fourth-order valence-corrected chi connectivity index (χ4v) is 42.3. The highest BCUT2D eigenvalue weighted by molar-refractivity contribution is 7.14. The summed E-state index contributed by atoms with van der Waals surface area (Å²) in [4.78, 5) is 0. The Morgan fingerprint density at radius 1 is 0.231 bits per heavy atom. The van der Waals surface area contributed by atoms with Gasteiger partial charge in [-0.25, -0.2) is 13.7 Å². The van der Waals surface area contributed by atoms with E-state index in [1.807, 2.05) is 0 Å². The first-order valence-corrected chi connectivity index (χ1v) is 55.8. The Kier molecular flexibility index (Phi) is 27.3. The summed E-state index contributed by atoms with van der Waals surface area (Å²) >= 11 is 0. The Morgan fingerprint density at radius 2 is 0.500 bits per heavy atom. The molecule has 0 unspecified atom stereocenters. The summed E-state index contributed by atoms with van der Waals surface area (Å²) in [7, 11) is -0.564. The lowest BCUT2D eigenvalue weighted by Gasteiger charge is -2.44. The van der Waals surface area contributed by atoms with Crippen LogP contribution in [0.2, 0.25) is 15.1 Å². The van der Waals surface area contributed by atoms with Crippen molar-refractivity contribution in [3.05, 3.63) is 360 Å². The van der Waals surface area contributed by atoms with E-state index in [2.05, 4.69) is 441 Å². The Hall–Kier alpha value is -10.5. The van der Waals surface area contributed by atoms with Gasteiger partial charge in [-0.1, -0.05) is 382 Å². The molecule has 0 saturated heterocycles. The van der Waals surface area contributed by atoms with E-state index in [1.165, 1.54) is 275 Å². The highest BCUT2D eigenvalue weighted by Gasteiger charge is 2.52. The van der Waals surface area contributed by atoms with E-state index in [4.69, 9.17) is 0 Å². The number of pyridine rings is 3. The van der Waals surface area contributed by atoms with Crippen LogP contribution in [0.1, 0.15) is 259 Å². The Labute approximate surface area is 783 Å². The fraction of sp³-hybridized carbons (Fsp3) is 0.347. The van der Waals surface area contributed by atoms with Gasteiger partial charge in [-0.2, -0.15) is 0 Å². The summed E-state index contributed by atoms with van der Waals surface area (Å²) in [5.74, 6) is 2.80. The van der Waals surface area contributed by atoms with Gasteiger partial charge in [0.1, 0.15) is 21.1 Å². The van der Waals surface area contributed by atoms with Crippen molar-refractivity contribution in [2.75, 3.05) is 0 Å². The highest BCUT2D eigenvalue weighted by Crippen LogP contribution is 2.47. The number of rotatable bonds is 16. The second kappa shape index (κ2) is 38.8. The van der Waals surface area contributed by atoms with Gasteiger partial charge in [0.15, 0.2) is 42.8 Å². The summed E-state index contributed by atoms with van der Waals surface area (Å²) in [6.45, 7) is 31.4. The number of aromatic nitrogens is 3. The number of aryl methyl sites for hydroxylation is 5. The van der Waals surface area contributed by atoms with Crippen LogP contribution in [0.25, 0.3) is 66.1 Å². The number of benzene rings is 12. The van der Waals surface area contributed by atoms with Gasteiger partial charge in [0.2, 0.25) is 17.1 Å². The first-order valence-electron chi connectivity index (χ1n) is 49.8. The van der Waals surface area contributed by atoms with Gasteiger partial charge in [-0.05, 0) is 262 Å². The molecular weight excluding hydrogens is 1620 g/mol. The van der Waals surface area contributed by atoms with Crippen molar-refractivity contribution in [3.63, 3.8) is 0 Å². The quantitative estimate of drug-likeness (QED) is 0.0519. The summed E-state index contributed by atoms with van der Waals surface area (Å²) < 4.78 is 7.08. The van der Waals surface area contributed by atoms with Crippen LogP contribution in [0.5, 0.6) is 0 Å². The molecule has 0 radical (unpaired) electrons. The average molecular weight is 1760 g/mol. The summed E-state index contributed by atoms with van der Waals surface area (Å²) in [5, 5.41) is 21.5. The molecule has 0 spiro atoms. The zero-order valence-electron chi connectivity index (χ0n) is 81.3. The molecule has 4 aliphatic carbocycles. The zero-order chi connectivity index (χ0) is 90.7. The number of fused-ring (bicyclic) bond motifs is 3. The predicted molar refractivity (Wildman–Crippen MR) is 566 cm³/mol. The molecule has 15 aromatic rings. The number of nitrogens with zero attached hydrogens (tertiary/aromatic N) is 3. The van der Waals surface area contributed by atoms with Gasteiger partial charge >= 0.3 is 0 Å². The first kappa shape index (κ1) is 91.4. The molecule has 0 atom stereocenters. The van der Waals surface area contributed by atoms with E-state index in [0.29, 0.717) is 23.7 Å². The largest absolute Gasteiger partial charge is 0.220 e. The van der Waals surface area contributed by atoms with Crippen LogP contribution in [0.3, 0.4) is 0 Å². The molecule has 6 heteroatoms. The predicted octanol–water partition coefficient (Wildman–Crippen LogP) is 26.2. The van der Waals surface area contributed by atoms with Crippen molar-refractivity contribution in [2.45, 2.75) is 257 Å². The van der Waals surface area contributed by atoms with Gasteiger partial charge in [-0.15, -0.1) is 0 Å². The van der Waals surface area contributed by atoms with Gasteiger partial charge < -0.3 is 0 Å². The number of hydrogen-bond donors (Lipinski definition) is 0. The molecule has 130 heavy (non-hydrogen) atoms. The summed E-state index contributed by atoms with van der Waals surface area (Å²) in [6.07, 6.45) is 34.1. The standard InChI is InChI=1S/C45H54NSi.C40H46NSi.C39H44NSi/c1-33-42(35-20-12-7-13-21-35)31-37(34-18-10-6-11-19-34)32-43(33)44-41-27-26-40(30-36(41)28-29-46(44)5)47(45(2,3)4,38-22-14-8-15-23-38)39-24-16-9-17-25-39;1-29-26-33(31-16-10-7-11-17-31)28-38(30(29)2)39-37-23-22-36(27-32(37)24-25-41(39)6)42(40(3,4)5,34-18-12-8-13-19-34)35-20-14-9-15-21-35;1-29-21-22-31(30-15-9-6-10-16-30)28-37(29)38-36-24-23-35(27-32(36)25-26-40(38)5)41(39(2,3)4,33-17-11-7-12-18-33)34-19-13-8-14-20-34/h8-9,14-17,22-32,34-35H,6-7,10-13,18-21H2,1-5H3;8-9,12-15,18-28,31H,7,10-11,16-17H2,1-6H3;7-8,11-14,17-28,30H,6,9-10,15-16H2,1-5H3/q3*+1. The lowest BCUT2D eigenvalue weighted by atomic mass is 9.76. The minimum absolute atomic E-state index is 0.0610. The zero-order valence-corrected chi connectivity index (χ0v) is 84.3. The summed E-state index contributed by atoms with van der Waals surface area (Å²) in [6, 6.07) is 115. The third-order valence-electron chi connectivity index (χ3n) is 31.8. The maximum Gasteiger partial charge on any atom is 0.220 e. The minimum atomic E-state index is -2.43. The maximum absolute atomic E-state index is 2.66. The van der Waals surface area contributed by atoms with Crippen LogP contribution in [-0.4, -0.2) is 24.2 Å². The highest BCUT2D eigenvalue weighted by atomic mass is 28.3. The van der Waals surface area contributed by atoms with Crippen LogP contribution in [-0.2, 0) is 21.1 Å². The second-order valence-corrected chi connectivity index (χ2v) is 56.8. The molecule has 0 bridgehead atoms. The number of hydrogen-bond acceptors (Lipinski definition) is 0. The van der Waals surface area contributed by atoms with E-state index in [0.717, 1.165) is 0 Å². The molecule has 3 heterocycles. The molecule has 0 aliphatic heterocycles. The van der Waals surface area contributed by atoms with Gasteiger partial charge in [0.25, 0.3) is 0 Å². The topological polar surface area (TPSA) is 11.6 Å². The van der Waals surface area contributed by atoms with E-state index in [-0.39, 0.29) is 15.1 Å². The Bertz CT molecular complexity index is 6330. The lowest BCUT2D eigenvalue weighted by Crippen LogP contribution is -2.72. The smallest absolute Gasteiger partial charge is 0.200 e. The van der Waals surface area contributed by atoms with Crippen LogP contribution in [0.15, 0.2) is 316 Å². The normalized spacial score (nSPS) is 15.6. The van der Waals surface area contributed by atoms with Crippen molar-refractivity contribution < 1.29 is 13.7 Å². The van der Waals surface area contributed by atoms with Crippen molar-refractivity contribution in [2.24, 2.45) is 21.1 Å². The maximum atomic E-state index is 2.66. The molecule has 4 fully saturated rings. The van der Waals surface area contributed by atoms with Crippen LogP contribution in [0, 0.1) is 27.7 Å². The van der Waals surface area contributed by atoms with E-state index in [1.54, 1.807) is 11.1 Å². The van der Waals surface area contributed by atoms with Crippen molar-refractivity contribution in [1.29, 1.82) is 0 Å². The molecule has 4 saturated carbocycles. The molecule has 3 nitrogen and oxygen atoms in total. The lowest BCUT2D eigenvalue weighted by molar-refractivity contribution is -0.659. The molecule has 3 aromatic heterocycles. The molecule has 0 N–H and O–H groups in total. The van der Waals surface area contributed by atoms with E-state index < -0.39 is 24.2 Å². The van der Waals surface area contributed by atoms with Crippen molar-refractivity contribution >= 4 is 103 Å². The SMILES string of the molecule is Cc1c(-c2c3ccc([Si](c4ccccc4)(c4ccccc4)C(C)(C)C)cc3cc[n+]2C)cc(C2CCCCC2)cc1C1CCCCC1.Cc1cc(C2CCCCC2)cc(-c2c3ccc([Si](c4ccccc4)(c4ccccc4)C(C)(C)C)cc3cc[n+]2C)c1C.Cc1ccc(C2CCCCC2)cc1-c1c2ccc([Si](c3ccccc3)(c3ccccc3)C(C)(C)C)cc2cc[n+]1C. The van der Waals surface area contributed by atoms with Crippen LogP contribution in [0.4, 0.5) is 0 Å². The molecule has 0 amide bonds. The van der Waals surface area contributed by atoms with Gasteiger partial charge in [-0.3, -0.25) is 0 Å². The van der Waals surface area contributed by atoms with Crippen molar-refractivity contribution in [3.8, 4) is 33.8 Å². The van der Waals surface area contributed by atoms with Crippen molar-refractivity contribution in [1.82, 2.24) is 0 Å². The average Bonchev–Trinajstić information content (AvgIpc) is 0.724. The van der Waals surface area contributed by atoms with E-state index >= 15 is 0 Å². The van der Waals surface area contributed by atoms with Crippen LogP contribution < -0.4 is 60.4 Å². The summed E-state index contributed by atoms with van der Waals surface area (Å²) in [5.41, 5.74) is 20.2. The minimum Gasteiger partial charge on any atom is -0.200 e. The molecule has 12 aromatic carbocycles. The third-order valence-corrected chi connectivity index (χ3v) is 49.3. The van der Waals surface area contributed by atoms with Gasteiger partial charge in [0.05, 0.1) is 27.3 Å². The van der Waals surface area contributed by atoms with Crippen LogP contribution >= 0.6 is 0 Å². The molecule has 664 valence electrons. The third kappa shape index (κ3) is 17.6. The fourth-order valence-electron chi connectivity index (χ4n) is 25.3.